The summed E-state index contributed by atoms with van der Waals surface area (Å²) >= 11 is 6.97. The average Bonchev–Trinajstić information content (AvgIpc) is 2.36. The van der Waals surface area contributed by atoms with Crippen molar-refractivity contribution < 1.29 is 9.90 Å². The Hall–Kier alpha value is -0.380. The normalized spacial score (nSPS) is 12.9. The van der Waals surface area contributed by atoms with Crippen LogP contribution in [0.4, 0.5) is 0 Å². The third-order valence-electron chi connectivity index (χ3n) is 1.24. The number of thiophene rings is 1. The molecule has 11 heavy (non-hydrogen) atoms. The highest BCUT2D eigenvalue weighted by Gasteiger charge is 2.08. The van der Waals surface area contributed by atoms with Gasteiger partial charge in [0.15, 0.2) is 0 Å². The van der Waals surface area contributed by atoms with Crippen LogP contribution in [0.1, 0.15) is 17.4 Å². The molecule has 0 saturated heterocycles. The Bertz CT molecular complexity index is 246. The second kappa shape index (κ2) is 3.85. The summed E-state index contributed by atoms with van der Waals surface area (Å²) in [6.07, 6.45) is 0.139. The zero-order valence-electron chi connectivity index (χ0n) is 5.66. The standard InChI is InChI=1S/C7H7ClO2S/c8-5-3-7(11-4-5)6(10)1-2-9/h2-4,6,10H,1H2. The quantitative estimate of drug-likeness (QED) is 0.741. The predicted molar refractivity (Wildman–Crippen MR) is 45.0 cm³/mol. The lowest BCUT2D eigenvalue weighted by Gasteiger charge is -2.00. The Morgan fingerprint density at radius 3 is 3.00 bits per heavy atom. The van der Waals surface area contributed by atoms with Crippen LogP contribution < -0.4 is 0 Å². The number of hydrogen-bond acceptors (Lipinski definition) is 3. The molecule has 1 N–H and O–H groups in total. The number of halogens is 1. The summed E-state index contributed by atoms with van der Waals surface area (Å²) in [7, 11) is 0. The van der Waals surface area contributed by atoms with Crippen molar-refractivity contribution in [3.8, 4) is 0 Å². The van der Waals surface area contributed by atoms with Crippen molar-refractivity contribution in [1.29, 1.82) is 0 Å². The number of carbonyl (C=O) groups excluding carboxylic acids is 1. The zero-order valence-corrected chi connectivity index (χ0v) is 7.23. The second-order valence-electron chi connectivity index (χ2n) is 2.09. The van der Waals surface area contributed by atoms with Crippen molar-refractivity contribution in [3.63, 3.8) is 0 Å². The Balaban J connectivity index is 2.67. The molecule has 0 spiro atoms. The molecular weight excluding hydrogens is 184 g/mol. The van der Waals surface area contributed by atoms with Gasteiger partial charge in [0.1, 0.15) is 6.29 Å². The lowest BCUT2D eigenvalue weighted by atomic mass is 10.2. The number of carbonyl (C=O) groups is 1. The molecule has 0 bridgehead atoms. The van der Waals surface area contributed by atoms with Crippen molar-refractivity contribution >= 4 is 29.2 Å². The van der Waals surface area contributed by atoms with Crippen LogP contribution in [0.25, 0.3) is 0 Å². The fraction of sp³-hybridized carbons (Fsp3) is 0.286. The van der Waals surface area contributed by atoms with Crippen molar-refractivity contribution in [1.82, 2.24) is 0 Å². The summed E-state index contributed by atoms with van der Waals surface area (Å²) in [4.78, 5) is 10.7. The molecule has 4 heteroatoms. The van der Waals surface area contributed by atoms with E-state index >= 15 is 0 Å². The van der Waals surface area contributed by atoms with E-state index in [0.29, 0.717) is 11.3 Å². The second-order valence-corrected chi connectivity index (χ2v) is 3.46. The fourth-order valence-electron chi connectivity index (χ4n) is 0.710. The van der Waals surface area contributed by atoms with Crippen LogP contribution >= 0.6 is 22.9 Å². The van der Waals surface area contributed by atoms with Gasteiger partial charge < -0.3 is 9.90 Å². The van der Waals surface area contributed by atoms with E-state index in [1.165, 1.54) is 11.3 Å². The van der Waals surface area contributed by atoms with E-state index in [1.54, 1.807) is 11.4 Å². The minimum absolute atomic E-state index is 0.136. The Kier molecular flexibility index (Phi) is 3.05. The van der Waals surface area contributed by atoms with Gasteiger partial charge in [-0.2, -0.15) is 0 Å². The van der Waals surface area contributed by atoms with Crippen LogP contribution in [0, 0.1) is 0 Å². The van der Waals surface area contributed by atoms with Gasteiger partial charge in [-0.25, -0.2) is 0 Å². The van der Waals surface area contributed by atoms with E-state index in [4.69, 9.17) is 11.6 Å². The smallest absolute Gasteiger partial charge is 0.122 e. The minimum Gasteiger partial charge on any atom is -0.387 e. The summed E-state index contributed by atoms with van der Waals surface area (Å²) in [6, 6.07) is 1.67. The summed E-state index contributed by atoms with van der Waals surface area (Å²) in [6.45, 7) is 0. The molecule has 0 radical (unpaired) electrons. The lowest BCUT2D eigenvalue weighted by molar-refractivity contribution is -0.109. The summed E-state index contributed by atoms with van der Waals surface area (Å²) < 4.78 is 0. The van der Waals surface area contributed by atoms with Crippen molar-refractivity contribution in [2.75, 3.05) is 0 Å². The van der Waals surface area contributed by atoms with Gasteiger partial charge >= 0.3 is 0 Å². The summed E-state index contributed by atoms with van der Waals surface area (Å²) in [5, 5.41) is 11.6. The van der Waals surface area contributed by atoms with Gasteiger partial charge in [-0.3, -0.25) is 0 Å². The zero-order chi connectivity index (χ0) is 8.27. The van der Waals surface area contributed by atoms with Crippen molar-refractivity contribution in [2.24, 2.45) is 0 Å². The van der Waals surface area contributed by atoms with E-state index in [-0.39, 0.29) is 6.42 Å². The fourth-order valence-corrected chi connectivity index (χ4v) is 1.79. The molecular formula is C7H7ClO2S. The highest BCUT2D eigenvalue weighted by molar-refractivity contribution is 7.10. The Labute approximate surface area is 73.4 Å². The van der Waals surface area contributed by atoms with Crippen LogP contribution in [0.2, 0.25) is 5.02 Å². The van der Waals surface area contributed by atoms with Gasteiger partial charge in [-0.05, 0) is 6.07 Å². The molecule has 0 amide bonds. The average molecular weight is 191 g/mol. The first-order chi connectivity index (χ1) is 5.24. The Morgan fingerprint density at radius 2 is 2.55 bits per heavy atom. The molecule has 1 rings (SSSR count). The summed E-state index contributed by atoms with van der Waals surface area (Å²) in [5.41, 5.74) is 0. The van der Waals surface area contributed by atoms with Crippen LogP contribution in [0.5, 0.6) is 0 Å². The van der Waals surface area contributed by atoms with Crippen LogP contribution in [0.3, 0.4) is 0 Å². The largest absolute Gasteiger partial charge is 0.387 e. The third-order valence-corrected chi connectivity index (χ3v) is 2.62. The van der Waals surface area contributed by atoms with Gasteiger partial charge in [-0.15, -0.1) is 11.3 Å². The van der Waals surface area contributed by atoms with Gasteiger partial charge in [-0.1, -0.05) is 11.6 Å². The first-order valence-electron chi connectivity index (χ1n) is 3.09. The van der Waals surface area contributed by atoms with Crippen molar-refractivity contribution in [3.05, 3.63) is 21.3 Å². The maximum atomic E-state index is 10.0. The van der Waals surface area contributed by atoms with E-state index in [0.717, 1.165) is 4.88 Å². The molecule has 0 aliphatic heterocycles. The lowest BCUT2D eigenvalue weighted by Crippen LogP contribution is -1.93. The van der Waals surface area contributed by atoms with Gasteiger partial charge in [0, 0.05) is 16.7 Å². The Morgan fingerprint density at radius 1 is 1.82 bits per heavy atom. The topological polar surface area (TPSA) is 37.3 Å². The molecule has 0 saturated carbocycles. The van der Waals surface area contributed by atoms with Gasteiger partial charge in [0.05, 0.1) is 11.1 Å². The van der Waals surface area contributed by atoms with Gasteiger partial charge in [0.2, 0.25) is 0 Å². The molecule has 1 unspecified atom stereocenters. The number of aliphatic hydroxyl groups excluding tert-OH is 1. The molecule has 2 nitrogen and oxygen atoms in total. The third kappa shape index (κ3) is 2.29. The summed E-state index contributed by atoms with van der Waals surface area (Å²) in [5.74, 6) is 0. The number of hydrogen-bond donors (Lipinski definition) is 1. The van der Waals surface area contributed by atoms with Gasteiger partial charge in [0.25, 0.3) is 0 Å². The highest BCUT2D eigenvalue weighted by Crippen LogP contribution is 2.26. The molecule has 1 aromatic rings. The van der Waals surface area contributed by atoms with E-state index in [1.807, 2.05) is 0 Å². The molecule has 0 fully saturated rings. The molecule has 0 aliphatic rings. The maximum absolute atomic E-state index is 10.0. The van der Waals surface area contributed by atoms with Crippen LogP contribution in [-0.2, 0) is 4.79 Å². The minimum atomic E-state index is -0.690. The van der Waals surface area contributed by atoms with Crippen molar-refractivity contribution in [2.45, 2.75) is 12.5 Å². The molecule has 1 atom stereocenters. The SMILES string of the molecule is O=CCC(O)c1cc(Cl)cs1. The van der Waals surface area contributed by atoms with Crippen LogP contribution in [-0.4, -0.2) is 11.4 Å². The van der Waals surface area contributed by atoms with Crippen LogP contribution in [0.15, 0.2) is 11.4 Å². The van der Waals surface area contributed by atoms with E-state index in [9.17, 15) is 9.90 Å². The molecule has 0 aromatic carbocycles. The van der Waals surface area contributed by atoms with E-state index < -0.39 is 6.10 Å². The maximum Gasteiger partial charge on any atom is 0.122 e. The first kappa shape index (κ1) is 8.71. The number of rotatable bonds is 3. The highest BCUT2D eigenvalue weighted by atomic mass is 35.5. The molecule has 60 valence electrons. The molecule has 1 aromatic heterocycles. The molecule has 1 heterocycles. The molecule has 0 aliphatic carbocycles. The monoisotopic (exact) mass is 190 g/mol. The first-order valence-corrected chi connectivity index (χ1v) is 4.35. The number of aliphatic hydroxyl groups is 1. The number of aldehydes is 1. The predicted octanol–water partition coefficient (Wildman–Crippen LogP) is 2.02. The van der Waals surface area contributed by atoms with E-state index in [2.05, 4.69) is 0 Å².